The van der Waals surface area contributed by atoms with Crippen molar-refractivity contribution in [3.8, 4) is 0 Å². The van der Waals surface area contributed by atoms with Crippen LogP contribution in [0.3, 0.4) is 0 Å². The SMILES string of the molecule is CC(C)CCCCn1cc(CCC(=O)NCCOCCOCC(=O)C(C)C)nn1. The summed E-state index contributed by atoms with van der Waals surface area (Å²) >= 11 is 0. The maximum Gasteiger partial charge on any atom is 0.220 e. The topological polar surface area (TPSA) is 95.3 Å². The quantitative estimate of drug-likeness (QED) is 0.396. The van der Waals surface area contributed by atoms with Crippen LogP contribution in [-0.2, 0) is 32.0 Å². The first-order valence-corrected chi connectivity index (χ1v) is 10.7. The second kappa shape index (κ2) is 15.1. The predicted molar refractivity (Wildman–Crippen MR) is 112 cm³/mol. The Balaban J connectivity index is 2.01. The molecule has 0 unspecified atom stereocenters. The Morgan fingerprint density at radius 1 is 1.10 bits per heavy atom. The van der Waals surface area contributed by atoms with Crippen molar-refractivity contribution < 1.29 is 19.1 Å². The second-order valence-corrected chi connectivity index (χ2v) is 8.00. The van der Waals surface area contributed by atoms with Crippen LogP contribution in [0.25, 0.3) is 0 Å². The summed E-state index contributed by atoms with van der Waals surface area (Å²) in [4.78, 5) is 23.3. The van der Waals surface area contributed by atoms with Crippen molar-refractivity contribution in [2.24, 2.45) is 11.8 Å². The molecule has 8 nitrogen and oxygen atoms in total. The molecule has 1 amide bonds. The third-order valence-corrected chi connectivity index (χ3v) is 4.44. The fraction of sp³-hybridized carbons (Fsp3) is 0.810. The highest BCUT2D eigenvalue weighted by atomic mass is 16.5. The minimum atomic E-state index is -0.0288. The van der Waals surface area contributed by atoms with E-state index >= 15 is 0 Å². The summed E-state index contributed by atoms with van der Waals surface area (Å²) < 4.78 is 12.5. The number of nitrogens with one attached hydrogen (secondary N) is 1. The van der Waals surface area contributed by atoms with E-state index in [1.54, 1.807) is 0 Å². The Kier molecular flexibility index (Phi) is 13.1. The van der Waals surface area contributed by atoms with Crippen LogP contribution in [0.2, 0.25) is 0 Å². The smallest absolute Gasteiger partial charge is 0.220 e. The Morgan fingerprint density at radius 3 is 2.59 bits per heavy atom. The van der Waals surface area contributed by atoms with E-state index in [1.807, 2.05) is 24.7 Å². The summed E-state index contributed by atoms with van der Waals surface area (Å²) in [7, 11) is 0. The minimum absolute atomic E-state index is 0.00890. The summed E-state index contributed by atoms with van der Waals surface area (Å²) in [5.41, 5.74) is 0.841. The average Bonchev–Trinajstić information content (AvgIpc) is 3.13. The van der Waals surface area contributed by atoms with Crippen molar-refractivity contribution in [2.75, 3.05) is 33.0 Å². The largest absolute Gasteiger partial charge is 0.377 e. The van der Waals surface area contributed by atoms with Gasteiger partial charge < -0.3 is 14.8 Å². The molecule has 0 saturated heterocycles. The highest BCUT2D eigenvalue weighted by Crippen LogP contribution is 2.07. The van der Waals surface area contributed by atoms with Crippen molar-refractivity contribution in [2.45, 2.75) is 66.3 Å². The molecule has 166 valence electrons. The van der Waals surface area contributed by atoms with Gasteiger partial charge in [-0.25, -0.2) is 0 Å². The molecule has 1 N–H and O–H groups in total. The van der Waals surface area contributed by atoms with E-state index in [0.717, 1.165) is 24.6 Å². The van der Waals surface area contributed by atoms with Crippen molar-refractivity contribution in [3.63, 3.8) is 0 Å². The van der Waals surface area contributed by atoms with Crippen LogP contribution in [0, 0.1) is 11.8 Å². The highest BCUT2D eigenvalue weighted by Gasteiger charge is 2.07. The number of carbonyl (C=O) groups is 2. The fourth-order valence-electron chi connectivity index (χ4n) is 2.54. The van der Waals surface area contributed by atoms with Gasteiger partial charge >= 0.3 is 0 Å². The fourth-order valence-corrected chi connectivity index (χ4v) is 2.54. The van der Waals surface area contributed by atoms with Gasteiger partial charge in [-0.3, -0.25) is 14.3 Å². The first kappa shape index (κ1) is 25.2. The zero-order valence-corrected chi connectivity index (χ0v) is 18.5. The molecule has 0 aliphatic heterocycles. The molecule has 0 aliphatic carbocycles. The lowest BCUT2D eigenvalue weighted by Crippen LogP contribution is -2.28. The van der Waals surface area contributed by atoms with E-state index < -0.39 is 0 Å². The molecule has 0 fully saturated rings. The van der Waals surface area contributed by atoms with Gasteiger partial charge in [-0.15, -0.1) is 5.10 Å². The molecule has 0 atom stereocenters. The molecule has 1 aromatic heterocycles. The maximum absolute atomic E-state index is 11.9. The second-order valence-electron chi connectivity index (χ2n) is 8.00. The van der Waals surface area contributed by atoms with Gasteiger partial charge in [0.1, 0.15) is 6.61 Å². The molecule has 1 rings (SSSR count). The van der Waals surface area contributed by atoms with E-state index in [9.17, 15) is 9.59 Å². The van der Waals surface area contributed by atoms with Crippen LogP contribution in [0.1, 0.15) is 59.1 Å². The average molecular weight is 411 g/mol. The van der Waals surface area contributed by atoms with Gasteiger partial charge in [-0.05, 0) is 12.3 Å². The molecule has 0 aliphatic rings. The molecular formula is C21H38N4O4. The van der Waals surface area contributed by atoms with Crippen LogP contribution >= 0.6 is 0 Å². The number of hydrogen-bond acceptors (Lipinski definition) is 6. The van der Waals surface area contributed by atoms with Gasteiger partial charge in [-0.1, -0.05) is 45.7 Å². The van der Waals surface area contributed by atoms with Gasteiger partial charge in [0.05, 0.1) is 25.5 Å². The van der Waals surface area contributed by atoms with Crippen molar-refractivity contribution in [1.82, 2.24) is 20.3 Å². The standard InChI is InChI=1S/C21H38N4O4/c1-17(2)7-5-6-11-25-15-19(23-24-25)8-9-21(27)22-10-12-28-13-14-29-16-20(26)18(3)4/h15,17-18H,5-14,16H2,1-4H3,(H,22,27). The molecular weight excluding hydrogens is 372 g/mol. The number of amides is 1. The number of aryl methyl sites for hydroxylation is 2. The minimum Gasteiger partial charge on any atom is -0.377 e. The zero-order chi connectivity index (χ0) is 21.5. The Bertz CT molecular complexity index is 587. The lowest BCUT2D eigenvalue weighted by Gasteiger charge is -2.07. The molecule has 29 heavy (non-hydrogen) atoms. The van der Waals surface area contributed by atoms with E-state index in [4.69, 9.17) is 9.47 Å². The van der Waals surface area contributed by atoms with Gasteiger partial charge in [0.15, 0.2) is 5.78 Å². The van der Waals surface area contributed by atoms with Gasteiger partial charge in [0.2, 0.25) is 5.91 Å². The summed E-state index contributed by atoms with van der Waals surface area (Å²) in [6.07, 6.45) is 6.41. The molecule has 0 radical (unpaired) electrons. The first-order valence-electron chi connectivity index (χ1n) is 10.7. The number of carbonyl (C=O) groups excluding carboxylic acids is 2. The van der Waals surface area contributed by atoms with Crippen LogP contribution in [-0.4, -0.2) is 59.7 Å². The number of unbranched alkanes of at least 4 members (excludes halogenated alkanes) is 1. The Labute approximate surface area is 174 Å². The summed E-state index contributed by atoms with van der Waals surface area (Å²) in [5, 5.41) is 11.1. The third kappa shape index (κ3) is 13.1. The van der Waals surface area contributed by atoms with E-state index in [0.29, 0.717) is 39.2 Å². The van der Waals surface area contributed by atoms with Crippen molar-refractivity contribution >= 4 is 11.7 Å². The molecule has 0 saturated carbocycles. The van der Waals surface area contributed by atoms with Crippen molar-refractivity contribution in [1.29, 1.82) is 0 Å². The first-order chi connectivity index (χ1) is 13.9. The third-order valence-electron chi connectivity index (χ3n) is 4.44. The number of hydrogen-bond donors (Lipinski definition) is 1. The highest BCUT2D eigenvalue weighted by molar-refractivity contribution is 5.81. The molecule has 1 aromatic rings. The van der Waals surface area contributed by atoms with Gasteiger partial charge in [0, 0.05) is 38.0 Å². The Hall–Kier alpha value is -1.80. The van der Waals surface area contributed by atoms with Gasteiger partial charge in [-0.2, -0.15) is 0 Å². The monoisotopic (exact) mass is 410 g/mol. The van der Waals surface area contributed by atoms with Gasteiger partial charge in [0.25, 0.3) is 0 Å². The Morgan fingerprint density at radius 2 is 1.86 bits per heavy atom. The lowest BCUT2D eigenvalue weighted by molar-refractivity contribution is -0.127. The molecule has 0 aromatic carbocycles. The summed E-state index contributed by atoms with van der Waals surface area (Å²) in [6.45, 7) is 10.8. The van der Waals surface area contributed by atoms with Crippen molar-refractivity contribution in [3.05, 3.63) is 11.9 Å². The van der Waals surface area contributed by atoms with Crippen LogP contribution in [0.5, 0.6) is 0 Å². The van der Waals surface area contributed by atoms with E-state index in [2.05, 4.69) is 29.5 Å². The number of ketones is 1. The number of nitrogens with zero attached hydrogens (tertiary/aromatic N) is 3. The van der Waals surface area contributed by atoms with Crippen LogP contribution in [0.4, 0.5) is 0 Å². The van der Waals surface area contributed by atoms with E-state index in [-0.39, 0.29) is 24.2 Å². The summed E-state index contributed by atoms with van der Waals surface area (Å²) in [6, 6.07) is 0. The molecule has 1 heterocycles. The summed E-state index contributed by atoms with van der Waals surface area (Å²) in [5.74, 6) is 0.784. The number of rotatable bonds is 17. The van der Waals surface area contributed by atoms with E-state index in [1.165, 1.54) is 12.8 Å². The predicted octanol–water partition coefficient (Wildman–Crippen LogP) is 2.41. The van der Waals surface area contributed by atoms with Crippen LogP contribution < -0.4 is 5.32 Å². The number of ether oxygens (including phenoxy) is 2. The lowest BCUT2D eigenvalue weighted by atomic mass is 10.1. The maximum atomic E-state index is 11.9. The van der Waals surface area contributed by atoms with Crippen LogP contribution in [0.15, 0.2) is 6.20 Å². The molecule has 0 bridgehead atoms. The number of aromatic nitrogens is 3. The molecule has 0 spiro atoms. The normalized spacial score (nSPS) is 11.4. The molecule has 8 heteroatoms. The zero-order valence-electron chi connectivity index (χ0n) is 18.5. The number of Topliss-reactive ketones (excluding diaryl/α,β-unsaturated/α-hetero) is 1.